The first kappa shape index (κ1) is 17.2. The number of esters is 1. The molecular formula is C20H25NO2. The van der Waals surface area contributed by atoms with Gasteiger partial charge in [0.1, 0.15) is 0 Å². The van der Waals surface area contributed by atoms with E-state index in [1.54, 1.807) is 0 Å². The minimum absolute atomic E-state index is 0.110. The van der Waals surface area contributed by atoms with Crippen molar-refractivity contribution in [1.29, 1.82) is 0 Å². The normalized spacial score (nSPS) is 11.9. The van der Waals surface area contributed by atoms with Gasteiger partial charge in [0, 0.05) is 0 Å². The third-order valence-electron chi connectivity index (χ3n) is 3.92. The Morgan fingerprint density at radius 2 is 1.70 bits per heavy atom. The molecule has 0 radical (unpaired) electrons. The fourth-order valence-corrected chi connectivity index (χ4v) is 2.68. The summed E-state index contributed by atoms with van der Waals surface area (Å²) in [6.45, 7) is 2.86. The number of hydrogen-bond donors (Lipinski definition) is 1. The van der Waals surface area contributed by atoms with Crippen LogP contribution in [0.25, 0.3) is 11.1 Å². The molecule has 2 aromatic carbocycles. The zero-order chi connectivity index (χ0) is 16.5. The van der Waals surface area contributed by atoms with Gasteiger partial charge in [-0.3, -0.25) is 4.79 Å². The summed E-state index contributed by atoms with van der Waals surface area (Å²) in [5.41, 5.74) is 9.11. The molecule has 1 atom stereocenters. The average Bonchev–Trinajstić information content (AvgIpc) is 2.60. The third-order valence-corrected chi connectivity index (χ3v) is 3.92. The monoisotopic (exact) mass is 311 g/mol. The lowest BCUT2D eigenvalue weighted by Crippen LogP contribution is -2.21. The highest BCUT2D eigenvalue weighted by Gasteiger charge is 2.19. The van der Waals surface area contributed by atoms with Crippen LogP contribution in [0.5, 0.6) is 0 Å². The van der Waals surface area contributed by atoms with E-state index < -0.39 is 0 Å². The largest absolute Gasteiger partial charge is 0.466 e. The molecule has 23 heavy (non-hydrogen) atoms. The molecule has 0 heterocycles. The lowest BCUT2D eigenvalue weighted by atomic mass is 9.93. The number of carbonyl (C=O) groups is 1. The zero-order valence-corrected chi connectivity index (χ0v) is 13.7. The highest BCUT2D eigenvalue weighted by molar-refractivity contribution is 5.73. The van der Waals surface area contributed by atoms with Crippen LogP contribution in [0.3, 0.4) is 0 Å². The Bertz CT molecular complexity index is 593. The first-order valence-electron chi connectivity index (χ1n) is 8.25. The second-order valence-corrected chi connectivity index (χ2v) is 5.65. The molecule has 0 bridgehead atoms. The van der Waals surface area contributed by atoms with E-state index in [4.69, 9.17) is 10.5 Å². The summed E-state index contributed by atoms with van der Waals surface area (Å²) >= 11 is 0. The van der Waals surface area contributed by atoms with Gasteiger partial charge in [0.2, 0.25) is 0 Å². The summed E-state index contributed by atoms with van der Waals surface area (Å²) in [7, 11) is 0. The Morgan fingerprint density at radius 1 is 1.04 bits per heavy atom. The summed E-state index contributed by atoms with van der Waals surface area (Å²) in [6, 6.07) is 18.7. The molecule has 0 amide bonds. The van der Waals surface area contributed by atoms with Crippen LogP contribution in [0.2, 0.25) is 0 Å². The number of ether oxygens (including phenoxy) is 1. The van der Waals surface area contributed by atoms with Crippen LogP contribution >= 0.6 is 0 Å². The van der Waals surface area contributed by atoms with Crippen LogP contribution < -0.4 is 5.73 Å². The molecule has 3 heteroatoms. The highest BCUT2D eigenvalue weighted by Crippen LogP contribution is 2.22. The fraction of sp³-hybridized carbons (Fsp3) is 0.350. The number of benzene rings is 2. The van der Waals surface area contributed by atoms with Crippen LogP contribution in [-0.2, 0) is 16.0 Å². The maximum Gasteiger partial charge on any atom is 0.309 e. The van der Waals surface area contributed by atoms with E-state index in [-0.39, 0.29) is 11.9 Å². The van der Waals surface area contributed by atoms with Gasteiger partial charge in [0.25, 0.3) is 0 Å². The van der Waals surface area contributed by atoms with Crippen LogP contribution in [-0.4, -0.2) is 19.1 Å². The van der Waals surface area contributed by atoms with Gasteiger partial charge in [-0.15, -0.1) is 0 Å². The van der Waals surface area contributed by atoms with E-state index in [0.717, 1.165) is 18.4 Å². The van der Waals surface area contributed by atoms with Crippen molar-refractivity contribution in [2.45, 2.75) is 26.2 Å². The number of carbonyl (C=O) groups excluding carboxylic acids is 1. The van der Waals surface area contributed by atoms with Gasteiger partial charge in [-0.05, 0) is 49.4 Å². The van der Waals surface area contributed by atoms with Crippen LogP contribution in [0.1, 0.15) is 25.3 Å². The molecule has 122 valence electrons. The SMILES string of the molecule is CCOC(=O)C(CCCN)Cc1ccc(-c2ccccc2)cc1. The van der Waals surface area contributed by atoms with E-state index in [0.29, 0.717) is 19.6 Å². The van der Waals surface area contributed by atoms with Crippen molar-refractivity contribution in [2.24, 2.45) is 11.7 Å². The summed E-state index contributed by atoms with van der Waals surface area (Å²) in [5, 5.41) is 0. The molecule has 0 spiro atoms. The molecule has 2 rings (SSSR count). The van der Waals surface area contributed by atoms with Gasteiger partial charge < -0.3 is 10.5 Å². The minimum Gasteiger partial charge on any atom is -0.466 e. The van der Waals surface area contributed by atoms with Gasteiger partial charge in [0.05, 0.1) is 12.5 Å². The van der Waals surface area contributed by atoms with Gasteiger partial charge in [0.15, 0.2) is 0 Å². The lowest BCUT2D eigenvalue weighted by Gasteiger charge is -2.15. The minimum atomic E-state index is -0.118. The second-order valence-electron chi connectivity index (χ2n) is 5.65. The first-order valence-corrected chi connectivity index (χ1v) is 8.25. The van der Waals surface area contributed by atoms with E-state index in [1.165, 1.54) is 11.1 Å². The van der Waals surface area contributed by atoms with Crippen molar-refractivity contribution in [3.8, 4) is 11.1 Å². The standard InChI is InChI=1S/C20H25NO2/c1-2-23-20(22)19(9-6-14-21)15-16-10-12-18(13-11-16)17-7-4-3-5-8-17/h3-5,7-8,10-13,19H,2,6,9,14-15,21H2,1H3. The van der Waals surface area contributed by atoms with Crippen LogP contribution in [0, 0.1) is 5.92 Å². The highest BCUT2D eigenvalue weighted by atomic mass is 16.5. The van der Waals surface area contributed by atoms with Gasteiger partial charge in [-0.2, -0.15) is 0 Å². The van der Waals surface area contributed by atoms with Crippen LogP contribution in [0.4, 0.5) is 0 Å². The third kappa shape index (κ3) is 5.22. The molecule has 0 aromatic heterocycles. The molecule has 0 saturated carbocycles. The fourth-order valence-electron chi connectivity index (χ4n) is 2.68. The Labute approximate surface area is 138 Å². The Balaban J connectivity index is 2.06. The molecule has 0 aliphatic carbocycles. The van der Waals surface area contributed by atoms with Crippen molar-refractivity contribution in [1.82, 2.24) is 0 Å². The van der Waals surface area contributed by atoms with E-state index in [9.17, 15) is 4.79 Å². The number of rotatable bonds is 8. The smallest absolute Gasteiger partial charge is 0.309 e. The number of nitrogens with two attached hydrogens (primary N) is 1. The molecular weight excluding hydrogens is 286 g/mol. The second kappa shape index (κ2) is 9.11. The molecule has 0 aliphatic rings. The van der Waals surface area contributed by atoms with E-state index >= 15 is 0 Å². The first-order chi connectivity index (χ1) is 11.2. The van der Waals surface area contributed by atoms with Crippen molar-refractivity contribution >= 4 is 5.97 Å². The summed E-state index contributed by atoms with van der Waals surface area (Å²) in [4.78, 5) is 12.1. The predicted molar refractivity (Wildman–Crippen MR) is 94.0 cm³/mol. The lowest BCUT2D eigenvalue weighted by molar-refractivity contribution is -0.148. The maximum atomic E-state index is 12.1. The topological polar surface area (TPSA) is 52.3 Å². The Kier molecular flexibility index (Phi) is 6.82. The molecule has 0 aliphatic heterocycles. The molecule has 1 unspecified atom stereocenters. The zero-order valence-electron chi connectivity index (χ0n) is 13.7. The van der Waals surface area contributed by atoms with Gasteiger partial charge in [-0.25, -0.2) is 0 Å². The molecule has 2 N–H and O–H groups in total. The van der Waals surface area contributed by atoms with E-state index in [1.807, 2.05) is 25.1 Å². The van der Waals surface area contributed by atoms with Crippen molar-refractivity contribution < 1.29 is 9.53 Å². The Morgan fingerprint density at radius 3 is 2.30 bits per heavy atom. The van der Waals surface area contributed by atoms with Crippen LogP contribution in [0.15, 0.2) is 54.6 Å². The number of hydrogen-bond acceptors (Lipinski definition) is 3. The quantitative estimate of drug-likeness (QED) is 0.754. The summed E-state index contributed by atoms with van der Waals surface area (Å²) < 4.78 is 5.19. The van der Waals surface area contributed by atoms with Crippen molar-refractivity contribution in [3.05, 3.63) is 60.2 Å². The maximum absolute atomic E-state index is 12.1. The predicted octanol–water partition coefficient (Wildman–Crippen LogP) is 3.81. The summed E-state index contributed by atoms with van der Waals surface area (Å²) in [6.07, 6.45) is 2.31. The molecule has 0 saturated heterocycles. The van der Waals surface area contributed by atoms with Gasteiger partial charge >= 0.3 is 5.97 Å². The molecule has 2 aromatic rings. The summed E-state index contributed by atoms with van der Waals surface area (Å²) in [5.74, 6) is -0.228. The van der Waals surface area contributed by atoms with E-state index in [2.05, 4.69) is 36.4 Å². The molecule has 0 fully saturated rings. The Hall–Kier alpha value is -2.13. The van der Waals surface area contributed by atoms with Crippen molar-refractivity contribution in [3.63, 3.8) is 0 Å². The molecule has 3 nitrogen and oxygen atoms in total. The average molecular weight is 311 g/mol. The van der Waals surface area contributed by atoms with Crippen molar-refractivity contribution in [2.75, 3.05) is 13.2 Å². The van der Waals surface area contributed by atoms with Gasteiger partial charge in [-0.1, -0.05) is 54.6 Å².